The molecule has 0 aromatic carbocycles. The van der Waals surface area contributed by atoms with Gasteiger partial charge in [-0.3, -0.25) is 0 Å². The molecule has 0 aliphatic rings. The molecule has 0 saturated carbocycles. The molecule has 1 atom stereocenters. The first-order chi connectivity index (χ1) is 7.16. The topological polar surface area (TPSA) is 21.6 Å². The van der Waals surface area contributed by atoms with Crippen LogP contribution >= 0.6 is 21.5 Å². The van der Waals surface area contributed by atoms with Gasteiger partial charge in [0.1, 0.15) is 12.6 Å². The van der Waals surface area contributed by atoms with Crippen LogP contribution in [0.5, 0.6) is 0 Å². The monoisotopic (exact) mass is 353 g/mol. The first-order valence-corrected chi connectivity index (χ1v) is 12.3. The van der Waals surface area contributed by atoms with Gasteiger partial charge in [-0.25, -0.2) is 0 Å². The Kier molecular flexibility index (Phi) is 5.56. The van der Waals surface area contributed by atoms with Crippen LogP contribution in [0.1, 0.15) is 20.8 Å². The van der Waals surface area contributed by atoms with Crippen LogP contribution in [0.4, 0.5) is 13.2 Å². The predicted molar refractivity (Wildman–Crippen MR) is 73.4 cm³/mol. The van der Waals surface area contributed by atoms with E-state index in [1.54, 1.807) is 0 Å². The van der Waals surface area contributed by atoms with Gasteiger partial charge in [0, 0.05) is 5.16 Å². The standard InChI is InChI=1S/C9H20BrF3NOPSi/c1-8(2,3)16(10,14-17(4,5)6)15-7-9(11,12)13/h7H2,1-6H3. The molecule has 0 fully saturated rings. The van der Waals surface area contributed by atoms with Gasteiger partial charge in [-0.2, -0.15) is 13.2 Å². The van der Waals surface area contributed by atoms with Crippen LogP contribution in [-0.4, -0.2) is 26.2 Å². The van der Waals surface area contributed by atoms with Crippen LogP contribution in [0.25, 0.3) is 0 Å². The molecular weight excluding hydrogens is 334 g/mol. The van der Waals surface area contributed by atoms with Crippen molar-refractivity contribution in [2.24, 2.45) is 4.41 Å². The maximum Gasteiger partial charge on any atom is 0.412 e. The molecule has 0 radical (unpaired) electrons. The third-order valence-corrected chi connectivity index (χ3v) is 12.4. The van der Waals surface area contributed by atoms with Gasteiger partial charge in [-0.15, -0.1) is 0 Å². The molecule has 0 aromatic heterocycles. The van der Waals surface area contributed by atoms with E-state index in [-0.39, 0.29) is 0 Å². The van der Waals surface area contributed by atoms with Crippen LogP contribution in [0.15, 0.2) is 4.41 Å². The van der Waals surface area contributed by atoms with Crippen LogP contribution in [-0.2, 0) is 4.52 Å². The summed E-state index contributed by atoms with van der Waals surface area (Å²) in [6, 6.07) is 0. The van der Waals surface area contributed by atoms with Gasteiger partial charge >= 0.3 is 6.18 Å². The van der Waals surface area contributed by atoms with Crippen molar-refractivity contribution < 1.29 is 17.7 Å². The van der Waals surface area contributed by atoms with Gasteiger partial charge in [-0.1, -0.05) is 20.8 Å². The lowest BCUT2D eigenvalue weighted by molar-refractivity contribution is -0.152. The van der Waals surface area contributed by atoms with E-state index in [0.717, 1.165) is 0 Å². The molecule has 2 nitrogen and oxygen atoms in total. The zero-order chi connectivity index (χ0) is 14.1. The van der Waals surface area contributed by atoms with E-state index >= 15 is 0 Å². The van der Waals surface area contributed by atoms with Crippen LogP contribution in [0.3, 0.4) is 0 Å². The Balaban J connectivity index is 5.24. The molecule has 0 bridgehead atoms. The summed E-state index contributed by atoms with van der Waals surface area (Å²) in [6.45, 7) is 10.2. The lowest BCUT2D eigenvalue weighted by atomic mass is 10.3. The Morgan fingerprint density at radius 2 is 1.59 bits per heavy atom. The van der Waals surface area contributed by atoms with Crippen molar-refractivity contribution in [2.75, 3.05) is 6.61 Å². The molecule has 0 amide bonds. The van der Waals surface area contributed by atoms with Gasteiger partial charge in [0.25, 0.3) is 0 Å². The van der Waals surface area contributed by atoms with E-state index in [1.165, 1.54) is 0 Å². The summed E-state index contributed by atoms with van der Waals surface area (Å²) < 4.78 is 46.4. The summed E-state index contributed by atoms with van der Waals surface area (Å²) in [5, 5.41) is -0.446. The molecule has 8 heteroatoms. The summed E-state index contributed by atoms with van der Waals surface area (Å²) in [7, 11) is -1.86. The van der Waals surface area contributed by atoms with Crippen molar-refractivity contribution in [3.05, 3.63) is 0 Å². The SMILES string of the molecule is CC(C)(C)P(Br)(=N[Si](C)(C)C)OCC(F)(F)F. The van der Waals surface area contributed by atoms with Crippen LogP contribution in [0.2, 0.25) is 19.6 Å². The summed E-state index contributed by atoms with van der Waals surface area (Å²) in [5.74, 6) is -2.59. The average Bonchev–Trinajstić information content (AvgIpc) is 1.94. The number of halogens is 4. The van der Waals surface area contributed by atoms with Crippen molar-refractivity contribution in [2.45, 2.75) is 51.7 Å². The van der Waals surface area contributed by atoms with Gasteiger partial charge in [0.05, 0.1) is 0 Å². The molecule has 104 valence electrons. The molecule has 0 heterocycles. The van der Waals surface area contributed by atoms with E-state index in [1.807, 2.05) is 40.4 Å². The van der Waals surface area contributed by atoms with E-state index in [2.05, 4.69) is 19.9 Å². The summed E-state index contributed by atoms with van der Waals surface area (Å²) in [4.78, 5) is 0. The fraction of sp³-hybridized carbons (Fsp3) is 1.00. The van der Waals surface area contributed by atoms with E-state index < -0.39 is 32.2 Å². The second-order valence-corrected chi connectivity index (χ2v) is 16.5. The summed E-state index contributed by atoms with van der Waals surface area (Å²) in [5.41, 5.74) is 0. The second kappa shape index (κ2) is 5.35. The Morgan fingerprint density at radius 1 is 1.18 bits per heavy atom. The van der Waals surface area contributed by atoms with Crippen molar-refractivity contribution in [3.63, 3.8) is 0 Å². The summed E-state index contributed by atoms with van der Waals surface area (Å²) in [6.07, 6.45) is -4.32. The van der Waals surface area contributed by atoms with Crippen molar-refractivity contribution >= 4 is 29.7 Å². The maximum absolute atomic E-state index is 12.2. The third-order valence-electron chi connectivity index (χ3n) is 1.66. The molecule has 0 rings (SSSR count). The molecule has 0 spiro atoms. The zero-order valence-electron chi connectivity index (χ0n) is 11.0. The van der Waals surface area contributed by atoms with E-state index in [4.69, 9.17) is 4.52 Å². The lowest BCUT2D eigenvalue weighted by Gasteiger charge is -2.34. The minimum Gasteiger partial charge on any atom is -0.326 e. The third kappa shape index (κ3) is 6.99. The minimum absolute atomic E-state index is 0.446. The van der Waals surface area contributed by atoms with E-state index in [9.17, 15) is 13.2 Å². The van der Waals surface area contributed by atoms with Crippen molar-refractivity contribution in [1.29, 1.82) is 0 Å². The van der Waals surface area contributed by atoms with E-state index in [0.29, 0.717) is 0 Å². The van der Waals surface area contributed by atoms with Crippen LogP contribution < -0.4 is 0 Å². The number of hydrogen-bond acceptors (Lipinski definition) is 2. The van der Waals surface area contributed by atoms with Gasteiger partial charge in [0.15, 0.2) is 8.24 Å². The largest absolute Gasteiger partial charge is 0.412 e. The highest BCUT2D eigenvalue weighted by molar-refractivity contribution is 9.40. The van der Waals surface area contributed by atoms with Crippen LogP contribution in [0, 0.1) is 0 Å². The Bertz CT molecular complexity index is 320. The molecule has 0 aromatic rings. The van der Waals surface area contributed by atoms with Crippen molar-refractivity contribution in [3.8, 4) is 0 Å². The Hall–Kier alpha value is 0.677. The lowest BCUT2D eigenvalue weighted by Crippen LogP contribution is -2.24. The molecule has 1 unspecified atom stereocenters. The molecule has 0 aliphatic carbocycles. The molecule has 0 saturated heterocycles. The number of hydrogen-bond donors (Lipinski definition) is 0. The molecular formula is C9H20BrF3NOPSi. The van der Waals surface area contributed by atoms with Gasteiger partial charge < -0.3 is 8.93 Å². The smallest absolute Gasteiger partial charge is 0.326 e. The maximum atomic E-state index is 12.2. The Morgan fingerprint density at radius 3 is 1.82 bits per heavy atom. The first kappa shape index (κ1) is 17.7. The highest BCUT2D eigenvalue weighted by Crippen LogP contribution is 2.69. The van der Waals surface area contributed by atoms with Gasteiger partial charge in [0.2, 0.25) is 0 Å². The molecule has 0 aliphatic heterocycles. The number of nitrogens with zero attached hydrogens (tertiary/aromatic N) is 1. The number of alkyl halides is 3. The fourth-order valence-electron chi connectivity index (χ4n) is 0.917. The average molecular weight is 354 g/mol. The van der Waals surface area contributed by atoms with Gasteiger partial charge in [-0.05, 0) is 35.1 Å². The highest BCUT2D eigenvalue weighted by Gasteiger charge is 2.39. The highest BCUT2D eigenvalue weighted by atomic mass is 79.9. The zero-order valence-corrected chi connectivity index (χ0v) is 14.5. The number of rotatable bonds is 3. The first-order valence-electron chi connectivity index (χ1n) is 5.21. The molecule has 17 heavy (non-hydrogen) atoms. The van der Waals surface area contributed by atoms with Crippen molar-refractivity contribution in [1.82, 2.24) is 0 Å². The summed E-state index contributed by atoms with van der Waals surface area (Å²) >= 11 is 3.35. The fourth-order valence-corrected chi connectivity index (χ4v) is 10.7. The Labute approximate surface area is 110 Å². The normalized spacial score (nSPS) is 17.8. The minimum atomic E-state index is -4.32. The quantitative estimate of drug-likeness (QED) is 0.476. The second-order valence-electron chi connectivity index (χ2n) is 5.83. The predicted octanol–water partition coefficient (Wildman–Crippen LogP) is 5.62. The molecule has 0 N–H and O–H groups in total.